The second-order valence-corrected chi connectivity index (χ2v) is 4.27. The van der Waals surface area contributed by atoms with Crippen molar-refractivity contribution in [3.8, 4) is 5.75 Å². The molecule has 0 radical (unpaired) electrons. The summed E-state index contributed by atoms with van der Waals surface area (Å²) in [4.78, 5) is 0. The summed E-state index contributed by atoms with van der Waals surface area (Å²) in [5.74, 6) is -1.97. The summed E-state index contributed by atoms with van der Waals surface area (Å²) < 4.78 is 31.3. The van der Waals surface area contributed by atoms with Crippen LogP contribution < -0.4 is 10.1 Å². The maximum Gasteiger partial charge on any atom is 0.200 e. The van der Waals surface area contributed by atoms with Gasteiger partial charge in [-0.15, -0.1) is 0 Å². The topological polar surface area (TPSA) is 21.3 Å². The van der Waals surface area contributed by atoms with Crippen molar-refractivity contribution in [2.45, 2.75) is 0 Å². The summed E-state index contributed by atoms with van der Waals surface area (Å²) in [6.07, 6.45) is 0. The van der Waals surface area contributed by atoms with Crippen molar-refractivity contribution in [2.24, 2.45) is 0 Å². The van der Waals surface area contributed by atoms with E-state index in [4.69, 9.17) is 16.3 Å². The van der Waals surface area contributed by atoms with Gasteiger partial charge < -0.3 is 10.1 Å². The van der Waals surface area contributed by atoms with E-state index in [0.29, 0.717) is 11.6 Å². The molecule has 0 heterocycles. The molecule has 0 aromatic heterocycles. The molecule has 0 atom stereocenters. The fourth-order valence-corrected chi connectivity index (χ4v) is 1.74. The van der Waals surface area contributed by atoms with Gasteiger partial charge in [0.2, 0.25) is 5.82 Å². The molecule has 100 valence electrons. The van der Waals surface area contributed by atoms with Gasteiger partial charge in [-0.25, -0.2) is 4.39 Å². The largest absolute Gasteiger partial charge is 0.489 e. The number of ether oxygens (including phenoxy) is 1. The van der Waals surface area contributed by atoms with Gasteiger partial charge in [0, 0.05) is 17.3 Å². The minimum atomic E-state index is -0.967. The third-order valence-electron chi connectivity index (χ3n) is 2.43. The van der Waals surface area contributed by atoms with Crippen molar-refractivity contribution in [2.75, 3.05) is 18.5 Å². The summed E-state index contributed by atoms with van der Waals surface area (Å²) in [6, 6.07) is 11.0. The zero-order valence-electron chi connectivity index (χ0n) is 10.00. The van der Waals surface area contributed by atoms with Crippen molar-refractivity contribution in [1.29, 1.82) is 0 Å². The minimum Gasteiger partial charge on any atom is -0.489 e. The average Bonchev–Trinajstić information content (AvgIpc) is 2.39. The molecular formula is C14H12ClF2NO. The monoisotopic (exact) mass is 283 g/mol. The van der Waals surface area contributed by atoms with Gasteiger partial charge >= 0.3 is 0 Å². The van der Waals surface area contributed by atoms with Crippen molar-refractivity contribution in [3.63, 3.8) is 0 Å². The highest BCUT2D eigenvalue weighted by Crippen LogP contribution is 2.19. The summed E-state index contributed by atoms with van der Waals surface area (Å²) in [7, 11) is 0. The highest BCUT2D eigenvalue weighted by molar-refractivity contribution is 6.30. The average molecular weight is 284 g/mol. The van der Waals surface area contributed by atoms with E-state index in [2.05, 4.69) is 5.32 Å². The molecule has 19 heavy (non-hydrogen) atoms. The van der Waals surface area contributed by atoms with Crippen LogP contribution in [0.15, 0.2) is 42.5 Å². The minimum absolute atomic E-state index is 0.0899. The standard InChI is InChI=1S/C14H12ClF2NO/c15-10-3-1-4-11(9-10)18-7-8-19-13-6-2-5-12(16)14(13)17/h1-6,9,18H,7-8H2. The predicted molar refractivity (Wildman–Crippen MR) is 71.8 cm³/mol. The molecule has 0 saturated carbocycles. The molecule has 0 spiro atoms. The molecule has 0 unspecified atom stereocenters. The first kappa shape index (κ1) is 13.6. The van der Waals surface area contributed by atoms with E-state index in [0.717, 1.165) is 11.8 Å². The van der Waals surface area contributed by atoms with E-state index in [1.807, 2.05) is 12.1 Å². The van der Waals surface area contributed by atoms with E-state index in [-0.39, 0.29) is 12.4 Å². The Labute approximate surface area is 115 Å². The van der Waals surface area contributed by atoms with Crippen LogP contribution >= 0.6 is 11.6 Å². The molecule has 0 aliphatic carbocycles. The molecule has 0 bridgehead atoms. The molecule has 0 aliphatic rings. The fourth-order valence-electron chi connectivity index (χ4n) is 1.55. The van der Waals surface area contributed by atoms with Crippen LogP contribution in [-0.2, 0) is 0 Å². The number of nitrogens with one attached hydrogen (secondary N) is 1. The van der Waals surface area contributed by atoms with Gasteiger partial charge in [-0.1, -0.05) is 23.7 Å². The van der Waals surface area contributed by atoms with Crippen molar-refractivity contribution in [3.05, 3.63) is 59.1 Å². The van der Waals surface area contributed by atoms with Crippen molar-refractivity contribution < 1.29 is 13.5 Å². The molecule has 0 amide bonds. The molecular weight excluding hydrogens is 272 g/mol. The molecule has 2 aromatic carbocycles. The fraction of sp³-hybridized carbons (Fsp3) is 0.143. The third kappa shape index (κ3) is 3.83. The highest BCUT2D eigenvalue weighted by Gasteiger charge is 2.07. The Morgan fingerprint density at radius 3 is 2.68 bits per heavy atom. The second-order valence-electron chi connectivity index (χ2n) is 3.84. The molecule has 2 rings (SSSR count). The van der Waals surface area contributed by atoms with E-state index in [9.17, 15) is 8.78 Å². The molecule has 5 heteroatoms. The number of halogens is 3. The SMILES string of the molecule is Fc1cccc(OCCNc2cccc(Cl)c2)c1F. The van der Waals surface area contributed by atoms with Gasteiger partial charge in [0.05, 0.1) is 0 Å². The second kappa shape index (κ2) is 6.38. The van der Waals surface area contributed by atoms with Gasteiger partial charge in [-0.05, 0) is 30.3 Å². The van der Waals surface area contributed by atoms with Crippen molar-refractivity contribution >= 4 is 17.3 Å². The first-order chi connectivity index (χ1) is 9.16. The quantitative estimate of drug-likeness (QED) is 0.834. The van der Waals surface area contributed by atoms with Crippen LogP contribution in [0.5, 0.6) is 5.75 Å². The molecule has 0 fully saturated rings. The van der Waals surface area contributed by atoms with E-state index >= 15 is 0 Å². The number of hydrogen-bond donors (Lipinski definition) is 1. The lowest BCUT2D eigenvalue weighted by atomic mass is 10.3. The van der Waals surface area contributed by atoms with Crippen LogP contribution in [0, 0.1) is 11.6 Å². The predicted octanol–water partition coefficient (Wildman–Crippen LogP) is 4.11. The normalized spacial score (nSPS) is 10.3. The Morgan fingerprint density at radius 1 is 1.11 bits per heavy atom. The summed E-state index contributed by atoms with van der Waals surface area (Å²) in [5.41, 5.74) is 0.843. The van der Waals surface area contributed by atoms with Crippen LogP contribution in [0.25, 0.3) is 0 Å². The Morgan fingerprint density at radius 2 is 1.89 bits per heavy atom. The summed E-state index contributed by atoms with van der Waals surface area (Å²) >= 11 is 5.83. The Kier molecular flexibility index (Phi) is 4.58. The van der Waals surface area contributed by atoms with Gasteiger partial charge in [0.25, 0.3) is 0 Å². The Bertz CT molecular complexity index is 563. The van der Waals surface area contributed by atoms with Gasteiger partial charge in [0.1, 0.15) is 6.61 Å². The molecule has 2 aromatic rings. The summed E-state index contributed by atoms with van der Waals surface area (Å²) in [6.45, 7) is 0.670. The number of rotatable bonds is 5. The van der Waals surface area contributed by atoms with Gasteiger partial charge in [0.15, 0.2) is 11.6 Å². The lowest BCUT2D eigenvalue weighted by Crippen LogP contribution is -2.12. The maximum atomic E-state index is 13.3. The van der Waals surface area contributed by atoms with E-state index < -0.39 is 11.6 Å². The van der Waals surface area contributed by atoms with Crippen LogP contribution in [0.3, 0.4) is 0 Å². The lowest BCUT2D eigenvalue weighted by molar-refractivity contribution is 0.308. The Balaban J connectivity index is 1.82. The van der Waals surface area contributed by atoms with Crippen LogP contribution in [0.1, 0.15) is 0 Å². The maximum absolute atomic E-state index is 13.3. The van der Waals surface area contributed by atoms with Crippen LogP contribution in [-0.4, -0.2) is 13.2 Å². The molecule has 0 aliphatic heterocycles. The highest BCUT2D eigenvalue weighted by atomic mass is 35.5. The molecule has 0 saturated heterocycles. The third-order valence-corrected chi connectivity index (χ3v) is 2.66. The molecule has 2 nitrogen and oxygen atoms in total. The van der Waals surface area contributed by atoms with Crippen LogP contribution in [0.4, 0.5) is 14.5 Å². The van der Waals surface area contributed by atoms with Crippen molar-refractivity contribution in [1.82, 2.24) is 0 Å². The van der Waals surface area contributed by atoms with Gasteiger partial charge in [-0.2, -0.15) is 4.39 Å². The lowest BCUT2D eigenvalue weighted by Gasteiger charge is -2.09. The van der Waals surface area contributed by atoms with Gasteiger partial charge in [-0.3, -0.25) is 0 Å². The van der Waals surface area contributed by atoms with E-state index in [1.54, 1.807) is 12.1 Å². The Hall–Kier alpha value is -1.81. The first-order valence-electron chi connectivity index (χ1n) is 5.73. The van der Waals surface area contributed by atoms with Crippen LogP contribution in [0.2, 0.25) is 5.02 Å². The number of anilines is 1. The summed E-state index contributed by atoms with van der Waals surface area (Å²) in [5, 5.41) is 3.69. The smallest absolute Gasteiger partial charge is 0.200 e. The zero-order valence-corrected chi connectivity index (χ0v) is 10.8. The van der Waals surface area contributed by atoms with E-state index in [1.165, 1.54) is 12.1 Å². The first-order valence-corrected chi connectivity index (χ1v) is 6.11. The zero-order chi connectivity index (χ0) is 13.7. The number of benzene rings is 2. The molecule has 1 N–H and O–H groups in total. The number of hydrogen-bond acceptors (Lipinski definition) is 2.